The van der Waals surface area contributed by atoms with Crippen molar-refractivity contribution in [2.24, 2.45) is 17.9 Å². The number of pyridine rings is 1. The summed E-state index contributed by atoms with van der Waals surface area (Å²) in [7, 11) is 1.90. The number of carbonyl (C=O) groups is 2. The van der Waals surface area contributed by atoms with Crippen LogP contribution in [0.15, 0.2) is 48.7 Å². The Kier molecular flexibility index (Phi) is 10.3. The number of β-amino-alcohol motifs (C(OH)–C–C–N with tert-alkyl or cyclic N) is 1. The van der Waals surface area contributed by atoms with Gasteiger partial charge in [-0.3, -0.25) is 24.4 Å². The van der Waals surface area contributed by atoms with Gasteiger partial charge in [0.2, 0.25) is 5.78 Å². The zero-order chi connectivity index (χ0) is 42.1. The molecule has 2 bridgehead atoms. The number of ketones is 1. The number of benzene rings is 2. The molecule has 2 saturated carbocycles. The van der Waals surface area contributed by atoms with Crippen LogP contribution in [-0.2, 0) is 37.8 Å². The van der Waals surface area contributed by atoms with E-state index in [9.17, 15) is 28.6 Å². The fraction of sp³-hybridized carbons (Fsp3) is 0.467. The third-order valence-electron chi connectivity index (χ3n) is 13.6. The fourth-order valence-corrected chi connectivity index (χ4v) is 10.7. The number of halogens is 3. The van der Waals surface area contributed by atoms with E-state index in [0.29, 0.717) is 53.8 Å². The Morgan fingerprint density at radius 1 is 1.02 bits per heavy atom. The Labute approximate surface area is 352 Å². The van der Waals surface area contributed by atoms with Gasteiger partial charge in [0.05, 0.1) is 27.2 Å². The molecule has 3 aromatic heterocycles. The number of nitrogens with zero attached hydrogens (tertiary/aromatic N) is 7. The molecule has 0 atom stereocenters. The first-order valence-corrected chi connectivity index (χ1v) is 21.1. The molecule has 0 radical (unpaired) electrons. The summed E-state index contributed by atoms with van der Waals surface area (Å²) in [5.41, 5.74) is 5.85. The minimum Gasteiger partial charge on any atom is -0.481 e. The number of rotatable bonds is 13. The van der Waals surface area contributed by atoms with Crippen molar-refractivity contribution in [3.05, 3.63) is 93.4 Å². The van der Waals surface area contributed by atoms with E-state index in [4.69, 9.17) is 16.6 Å². The van der Waals surface area contributed by atoms with Crippen molar-refractivity contribution < 1.29 is 28.6 Å². The third-order valence-corrected chi connectivity index (χ3v) is 14.1. The van der Waals surface area contributed by atoms with E-state index >= 15 is 0 Å². The van der Waals surface area contributed by atoms with Gasteiger partial charge in [0.1, 0.15) is 5.52 Å². The molecule has 9 rings (SSSR count). The highest BCUT2D eigenvalue weighted by Gasteiger charge is 2.57. The highest BCUT2D eigenvalue weighted by atomic mass is 35.5. The van der Waals surface area contributed by atoms with E-state index in [-0.39, 0.29) is 29.0 Å². The average molecular weight is 839 g/mol. The molecule has 5 aromatic rings. The number of carboxylic acids is 1. The van der Waals surface area contributed by atoms with Crippen molar-refractivity contribution in [3.63, 3.8) is 0 Å². The topological polar surface area (TPSA) is 150 Å². The van der Waals surface area contributed by atoms with Crippen LogP contribution in [0.1, 0.15) is 96.4 Å². The Balaban J connectivity index is 0.905. The van der Waals surface area contributed by atoms with E-state index in [0.717, 1.165) is 91.7 Å². The quantitative estimate of drug-likeness (QED) is 0.0996. The zero-order valence-corrected chi connectivity index (χ0v) is 34.8. The second-order valence-corrected chi connectivity index (χ2v) is 18.4. The molecule has 5 heterocycles. The van der Waals surface area contributed by atoms with Crippen LogP contribution < -0.4 is 5.32 Å². The minimum absolute atomic E-state index is 0.0546. The number of fused-ring (bicyclic) bond motifs is 4. The summed E-state index contributed by atoms with van der Waals surface area (Å²) in [5, 5.41) is 23.7. The lowest BCUT2D eigenvalue weighted by atomic mass is 9.80. The van der Waals surface area contributed by atoms with Crippen LogP contribution in [0, 0.1) is 17.8 Å². The maximum atomic E-state index is 14.1. The molecule has 2 aliphatic carbocycles. The number of carbonyl (C=O) groups excluding carboxylic acids is 1. The Morgan fingerprint density at radius 3 is 2.48 bits per heavy atom. The maximum absolute atomic E-state index is 14.1. The third kappa shape index (κ3) is 7.45. The van der Waals surface area contributed by atoms with Crippen molar-refractivity contribution in [1.82, 2.24) is 34.3 Å². The number of hydrogen-bond donors (Lipinski definition) is 3. The number of carboxylic acid groups (broad SMARTS) is 1. The lowest BCUT2D eigenvalue weighted by molar-refractivity contribution is -0.148. The second kappa shape index (κ2) is 15.2. The molecular formula is C45H49ClF2N8O4. The van der Waals surface area contributed by atoms with Crippen LogP contribution in [0.3, 0.4) is 0 Å². The minimum atomic E-state index is -2.90. The summed E-state index contributed by atoms with van der Waals surface area (Å²) >= 11 is 7.10. The Hall–Kier alpha value is -4.89. The van der Waals surface area contributed by atoms with Crippen LogP contribution in [0.4, 0.5) is 20.3 Å². The van der Waals surface area contributed by atoms with E-state index in [1.807, 2.05) is 59.8 Å². The van der Waals surface area contributed by atoms with Crippen molar-refractivity contribution in [3.8, 4) is 11.1 Å². The molecule has 3 fully saturated rings. The first-order valence-electron chi connectivity index (χ1n) is 20.7. The van der Waals surface area contributed by atoms with E-state index in [1.54, 1.807) is 19.2 Å². The summed E-state index contributed by atoms with van der Waals surface area (Å²) in [6, 6.07) is 12.9. The molecule has 4 aliphatic rings. The number of anilines is 2. The number of aliphatic carboxylic acids is 1. The standard InChI is InChI=1S/C45H49ClF2N8O4/c1-26-29(7-5-9-31(26)50-39-37-32(51-40(53-39)38(47)48)18-27(20-49-37)21-56-24-43(2,60)25-56)30-8-4-6-28(36(30)46)19-35(57)41-52-33-22-55(16-10-34(33)54(41)3)17-15-44-11-13-45(23-44,14-12-44)42(58)59/h4-9,18,20,38,60H,10-17,19,21-25H2,1-3H3,(H,58,59)(H,50,51,53). The largest absolute Gasteiger partial charge is 0.481 e. The van der Waals surface area contributed by atoms with Crippen LogP contribution in [0.25, 0.3) is 22.2 Å². The molecular weight excluding hydrogens is 790 g/mol. The number of likely N-dealkylation sites (tertiary alicyclic amines) is 1. The summed E-state index contributed by atoms with van der Waals surface area (Å²) < 4.78 is 30.1. The van der Waals surface area contributed by atoms with Crippen molar-refractivity contribution in [1.29, 1.82) is 0 Å². The molecule has 314 valence electrons. The van der Waals surface area contributed by atoms with Gasteiger partial charge in [-0.25, -0.2) is 23.7 Å². The van der Waals surface area contributed by atoms with Gasteiger partial charge in [0.15, 0.2) is 17.5 Å². The smallest absolute Gasteiger partial charge is 0.309 e. The number of aliphatic hydroxyl groups is 1. The number of imidazole rings is 1. The van der Waals surface area contributed by atoms with Gasteiger partial charge >= 0.3 is 5.97 Å². The molecule has 2 aliphatic heterocycles. The number of hydrogen-bond acceptors (Lipinski definition) is 10. The lowest BCUT2D eigenvalue weighted by Gasteiger charge is -2.44. The maximum Gasteiger partial charge on any atom is 0.309 e. The van der Waals surface area contributed by atoms with Gasteiger partial charge in [0, 0.05) is 75.8 Å². The SMILES string of the molecule is Cc1c(Nc2nc(C(F)F)nc3cc(CN4CC(C)(O)C4)cnc23)cccc1-c1cccc(CC(=O)c2nc3c(n2C)CCN(CCC24CCC(C(=O)O)(CC2)C4)C3)c1Cl. The molecule has 1 saturated heterocycles. The molecule has 12 nitrogen and oxygen atoms in total. The van der Waals surface area contributed by atoms with Gasteiger partial charge in [-0.05, 0) is 98.7 Å². The number of aromatic nitrogens is 5. The highest BCUT2D eigenvalue weighted by molar-refractivity contribution is 6.34. The van der Waals surface area contributed by atoms with Gasteiger partial charge in [-0.15, -0.1) is 0 Å². The van der Waals surface area contributed by atoms with Crippen LogP contribution in [0.5, 0.6) is 0 Å². The lowest BCUT2D eigenvalue weighted by Crippen LogP contribution is -2.59. The normalized spacial score (nSPS) is 22.3. The van der Waals surface area contributed by atoms with Gasteiger partial charge in [-0.1, -0.05) is 41.9 Å². The van der Waals surface area contributed by atoms with Crippen molar-refractivity contribution >= 4 is 45.9 Å². The first kappa shape index (κ1) is 40.5. The van der Waals surface area contributed by atoms with Gasteiger partial charge in [0.25, 0.3) is 6.43 Å². The molecule has 0 spiro atoms. The Bertz CT molecular complexity index is 2530. The number of nitrogens with one attached hydrogen (secondary N) is 1. The fourth-order valence-electron chi connectivity index (χ4n) is 10.4. The van der Waals surface area contributed by atoms with E-state index < -0.39 is 29.2 Å². The van der Waals surface area contributed by atoms with Crippen LogP contribution in [-0.4, -0.2) is 88.0 Å². The molecule has 0 unspecified atom stereocenters. The first-order chi connectivity index (χ1) is 28.6. The molecule has 2 aromatic carbocycles. The summed E-state index contributed by atoms with van der Waals surface area (Å²) in [5.74, 6) is -0.833. The summed E-state index contributed by atoms with van der Waals surface area (Å²) in [4.78, 5) is 48.1. The van der Waals surface area contributed by atoms with Gasteiger partial charge < -0.3 is 20.1 Å². The van der Waals surface area contributed by atoms with Crippen LogP contribution >= 0.6 is 11.6 Å². The predicted molar refractivity (Wildman–Crippen MR) is 224 cm³/mol. The monoisotopic (exact) mass is 838 g/mol. The van der Waals surface area contributed by atoms with Crippen LogP contribution in [0.2, 0.25) is 5.02 Å². The molecule has 60 heavy (non-hydrogen) atoms. The molecule has 15 heteroatoms. The zero-order valence-electron chi connectivity index (χ0n) is 34.1. The molecule has 0 amide bonds. The summed E-state index contributed by atoms with van der Waals surface area (Å²) in [6.07, 6.45) is 4.95. The molecule has 3 N–H and O–H groups in total. The summed E-state index contributed by atoms with van der Waals surface area (Å²) in [6.45, 7) is 7.62. The number of Topliss-reactive ketones (excluding diaryl/α,β-unsaturated/α-hetero) is 1. The number of alkyl halides is 2. The van der Waals surface area contributed by atoms with Crippen molar-refractivity contribution in [2.75, 3.05) is 31.5 Å². The Morgan fingerprint density at radius 2 is 1.77 bits per heavy atom. The highest BCUT2D eigenvalue weighted by Crippen LogP contribution is 2.63. The van der Waals surface area contributed by atoms with E-state index in [2.05, 4.69) is 25.2 Å². The average Bonchev–Trinajstić information content (AvgIpc) is 3.89. The van der Waals surface area contributed by atoms with Crippen molar-refractivity contribution in [2.45, 2.75) is 90.3 Å². The van der Waals surface area contributed by atoms with Gasteiger partial charge in [-0.2, -0.15) is 0 Å². The second-order valence-electron chi connectivity index (χ2n) is 18.0. The van der Waals surface area contributed by atoms with E-state index in [1.165, 1.54) is 0 Å². The predicted octanol–water partition coefficient (Wildman–Crippen LogP) is 7.84.